The van der Waals surface area contributed by atoms with E-state index in [2.05, 4.69) is 19.9 Å². The normalized spacial score (nSPS) is 46.5. The van der Waals surface area contributed by atoms with Gasteiger partial charge < -0.3 is 0 Å². The monoisotopic (exact) mass is 177 g/mol. The molecule has 2 saturated carbocycles. The van der Waals surface area contributed by atoms with Crippen LogP contribution in [0.1, 0.15) is 33.6 Å². The van der Waals surface area contributed by atoms with Gasteiger partial charge in [0.25, 0.3) is 0 Å². The lowest BCUT2D eigenvalue weighted by Crippen LogP contribution is -2.33. The highest BCUT2D eigenvalue weighted by Crippen LogP contribution is 2.65. The fourth-order valence-electron chi connectivity index (χ4n) is 3.23. The van der Waals surface area contributed by atoms with Gasteiger partial charge in [-0.25, -0.2) is 0 Å². The predicted octanol–water partition coefficient (Wildman–Crippen LogP) is 2.15. The Morgan fingerprint density at radius 2 is 2.08 bits per heavy atom. The summed E-state index contributed by atoms with van der Waals surface area (Å²) >= 11 is 0. The van der Waals surface area contributed by atoms with Crippen LogP contribution in [0.15, 0.2) is 0 Å². The average Bonchev–Trinajstić information content (AvgIpc) is 2.36. The van der Waals surface area contributed by atoms with E-state index in [4.69, 9.17) is 5.26 Å². The van der Waals surface area contributed by atoms with Crippen molar-refractivity contribution >= 4 is 5.78 Å². The van der Waals surface area contributed by atoms with E-state index in [9.17, 15) is 4.79 Å². The van der Waals surface area contributed by atoms with Crippen LogP contribution in [-0.2, 0) is 4.79 Å². The summed E-state index contributed by atoms with van der Waals surface area (Å²) in [5, 5.41) is 8.93. The van der Waals surface area contributed by atoms with Crippen LogP contribution >= 0.6 is 0 Å². The lowest BCUT2D eigenvalue weighted by molar-refractivity contribution is -0.130. The van der Waals surface area contributed by atoms with Gasteiger partial charge >= 0.3 is 0 Å². The van der Waals surface area contributed by atoms with E-state index < -0.39 is 0 Å². The fourth-order valence-corrected chi connectivity index (χ4v) is 3.23. The highest BCUT2D eigenvalue weighted by molar-refractivity contribution is 5.93. The standard InChI is InChI=1S/C11H15NO/c1-10(2)8-4-5-11(10,3)9(13)7(8)6-12/h7-8H,4-5H2,1-3H3. The Bertz CT molecular complexity index is 313. The molecule has 0 heterocycles. The molecule has 0 spiro atoms. The number of nitrogens with zero attached hydrogens (tertiary/aromatic N) is 1. The first-order valence-electron chi connectivity index (χ1n) is 4.89. The van der Waals surface area contributed by atoms with E-state index in [-0.39, 0.29) is 22.5 Å². The molecule has 0 saturated heterocycles. The summed E-state index contributed by atoms with van der Waals surface area (Å²) in [6.07, 6.45) is 2.02. The minimum Gasteiger partial charge on any atom is -0.298 e. The van der Waals surface area contributed by atoms with Crippen LogP contribution in [0.4, 0.5) is 0 Å². The summed E-state index contributed by atoms with van der Waals surface area (Å²) in [6.45, 7) is 6.31. The molecular formula is C11H15NO. The Hall–Kier alpha value is -0.840. The molecule has 2 fully saturated rings. The topological polar surface area (TPSA) is 40.9 Å². The van der Waals surface area contributed by atoms with E-state index >= 15 is 0 Å². The molecule has 0 aromatic carbocycles. The second kappa shape index (κ2) is 2.15. The Kier molecular flexibility index (Phi) is 1.44. The van der Waals surface area contributed by atoms with Crippen LogP contribution in [0, 0.1) is 34.0 Å². The summed E-state index contributed by atoms with van der Waals surface area (Å²) < 4.78 is 0. The van der Waals surface area contributed by atoms with Crippen molar-refractivity contribution in [2.45, 2.75) is 33.6 Å². The second-order valence-electron chi connectivity index (χ2n) is 5.17. The molecular weight excluding hydrogens is 162 g/mol. The van der Waals surface area contributed by atoms with Gasteiger partial charge in [0.1, 0.15) is 5.92 Å². The smallest absolute Gasteiger partial charge is 0.156 e. The van der Waals surface area contributed by atoms with Crippen molar-refractivity contribution in [2.75, 3.05) is 0 Å². The Labute approximate surface area is 78.9 Å². The fraction of sp³-hybridized carbons (Fsp3) is 0.818. The molecule has 2 heteroatoms. The number of rotatable bonds is 0. The number of hydrogen-bond acceptors (Lipinski definition) is 2. The number of carbonyl (C=O) groups is 1. The zero-order valence-electron chi connectivity index (χ0n) is 8.42. The average molecular weight is 177 g/mol. The molecule has 3 unspecified atom stereocenters. The minimum absolute atomic E-state index is 0.0322. The van der Waals surface area contributed by atoms with Crippen molar-refractivity contribution in [3.8, 4) is 6.07 Å². The first-order chi connectivity index (χ1) is 5.95. The molecule has 0 aliphatic heterocycles. The quantitative estimate of drug-likeness (QED) is 0.569. The molecule has 0 amide bonds. The van der Waals surface area contributed by atoms with Gasteiger partial charge in [-0.15, -0.1) is 0 Å². The molecule has 2 aliphatic carbocycles. The molecule has 0 aromatic heterocycles. The Morgan fingerprint density at radius 3 is 2.38 bits per heavy atom. The largest absolute Gasteiger partial charge is 0.298 e. The van der Waals surface area contributed by atoms with Crippen LogP contribution in [0.5, 0.6) is 0 Å². The number of ketones is 1. The van der Waals surface area contributed by atoms with Crippen LogP contribution < -0.4 is 0 Å². The summed E-state index contributed by atoms with van der Waals surface area (Å²) in [7, 11) is 0. The molecule has 3 atom stereocenters. The lowest BCUT2D eigenvalue weighted by Gasteiger charge is -2.32. The molecule has 70 valence electrons. The Morgan fingerprint density at radius 1 is 1.46 bits per heavy atom. The highest BCUT2D eigenvalue weighted by atomic mass is 16.1. The van der Waals surface area contributed by atoms with Crippen molar-refractivity contribution < 1.29 is 4.79 Å². The van der Waals surface area contributed by atoms with Crippen molar-refractivity contribution in [1.82, 2.24) is 0 Å². The first-order valence-corrected chi connectivity index (χ1v) is 4.89. The van der Waals surface area contributed by atoms with E-state index in [1.54, 1.807) is 0 Å². The van der Waals surface area contributed by atoms with Crippen molar-refractivity contribution in [1.29, 1.82) is 5.26 Å². The number of carbonyl (C=O) groups excluding carboxylic acids is 1. The number of fused-ring (bicyclic) bond motifs is 2. The minimum atomic E-state index is -0.325. The van der Waals surface area contributed by atoms with Crippen LogP contribution in [-0.4, -0.2) is 5.78 Å². The third-order valence-electron chi connectivity index (χ3n) is 4.67. The number of Topliss-reactive ketones (excluding diaryl/α,β-unsaturated/α-hetero) is 1. The van der Waals surface area contributed by atoms with Crippen molar-refractivity contribution in [3.63, 3.8) is 0 Å². The lowest BCUT2D eigenvalue weighted by atomic mass is 9.70. The molecule has 0 N–H and O–H groups in total. The predicted molar refractivity (Wildman–Crippen MR) is 48.7 cm³/mol. The van der Waals surface area contributed by atoms with Gasteiger partial charge in [0.15, 0.2) is 5.78 Å². The van der Waals surface area contributed by atoms with E-state index in [0.717, 1.165) is 12.8 Å². The van der Waals surface area contributed by atoms with E-state index in [1.807, 2.05) is 6.92 Å². The van der Waals surface area contributed by atoms with Gasteiger partial charge in [-0.1, -0.05) is 20.8 Å². The van der Waals surface area contributed by atoms with Crippen LogP contribution in [0.25, 0.3) is 0 Å². The van der Waals surface area contributed by atoms with Gasteiger partial charge in [0.05, 0.1) is 6.07 Å². The number of hydrogen-bond donors (Lipinski definition) is 0. The maximum absolute atomic E-state index is 11.9. The maximum Gasteiger partial charge on any atom is 0.156 e. The van der Waals surface area contributed by atoms with Gasteiger partial charge in [0, 0.05) is 5.41 Å². The molecule has 2 aliphatic rings. The molecule has 0 aromatic rings. The summed E-state index contributed by atoms with van der Waals surface area (Å²) in [5.41, 5.74) is -0.192. The molecule has 2 rings (SSSR count). The van der Waals surface area contributed by atoms with Crippen molar-refractivity contribution in [3.05, 3.63) is 0 Å². The van der Waals surface area contributed by atoms with Gasteiger partial charge in [-0.3, -0.25) is 4.79 Å². The van der Waals surface area contributed by atoms with Gasteiger partial charge in [-0.2, -0.15) is 5.26 Å². The number of nitriles is 1. The van der Waals surface area contributed by atoms with E-state index in [0.29, 0.717) is 5.92 Å². The molecule has 2 bridgehead atoms. The zero-order valence-corrected chi connectivity index (χ0v) is 8.42. The summed E-state index contributed by atoms with van der Waals surface area (Å²) in [4.78, 5) is 11.9. The van der Waals surface area contributed by atoms with Crippen molar-refractivity contribution in [2.24, 2.45) is 22.7 Å². The zero-order chi connectivity index (χ0) is 9.85. The molecule has 13 heavy (non-hydrogen) atoms. The summed E-state index contributed by atoms with van der Waals surface area (Å²) in [6, 6.07) is 2.18. The third kappa shape index (κ3) is 0.716. The maximum atomic E-state index is 11.9. The third-order valence-corrected chi connectivity index (χ3v) is 4.67. The van der Waals surface area contributed by atoms with Gasteiger partial charge in [-0.05, 0) is 24.2 Å². The highest BCUT2D eigenvalue weighted by Gasteiger charge is 2.66. The summed E-state index contributed by atoms with van der Waals surface area (Å²) in [5.74, 6) is 0.167. The SMILES string of the molecule is CC12CCC(C(C#N)C1=O)C2(C)C. The molecule has 2 nitrogen and oxygen atoms in total. The van der Waals surface area contributed by atoms with Crippen LogP contribution in [0.2, 0.25) is 0 Å². The van der Waals surface area contributed by atoms with Gasteiger partial charge in [0.2, 0.25) is 0 Å². The first kappa shape index (κ1) is 8.74. The van der Waals surface area contributed by atoms with Crippen LogP contribution in [0.3, 0.4) is 0 Å². The van der Waals surface area contributed by atoms with E-state index in [1.165, 1.54) is 0 Å². The molecule has 0 radical (unpaired) electrons. The Balaban J connectivity index is 2.52. The second-order valence-corrected chi connectivity index (χ2v) is 5.17.